The standard InChI is InChI=1S/C16H24N2O2/c1-3-13-4-6-14(7-5-13)12(2)17-16(20)11-18-9-8-15(19)10-18/h4-7,12,15,19H,3,8-11H2,1-2H3,(H,17,20)/t12?,15-/m0/s1. The Morgan fingerprint density at radius 2 is 2.15 bits per heavy atom. The summed E-state index contributed by atoms with van der Waals surface area (Å²) < 4.78 is 0. The van der Waals surface area contributed by atoms with Crippen LogP contribution in [0.5, 0.6) is 0 Å². The molecule has 2 rings (SSSR count). The summed E-state index contributed by atoms with van der Waals surface area (Å²) in [5.41, 5.74) is 2.43. The van der Waals surface area contributed by atoms with Gasteiger partial charge in [0.2, 0.25) is 5.91 Å². The molecule has 4 heteroatoms. The number of carbonyl (C=O) groups excluding carboxylic acids is 1. The van der Waals surface area contributed by atoms with Gasteiger partial charge in [-0.1, -0.05) is 31.2 Å². The van der Waals surface area contributed by atoms with Gasteiger partial charge in [-0.05, 0) is 30.9 Å². The minimum Gasteiger partial charge on any atom is -0.392 e. The number of nitrogens with one attached hydrogen (secondary N) is 1. The van der Waals surface area contributed by atoms with Gasteiger partial charge in [0.25, 0.3) is 0 Å². The smallest absolute Gasteiger partial charge is 0.234 e. The lowest BCUT2D eigenvalue weighted by molar-refractivity contribution is -0.122. The molecule has 1 aliphatic heterocycles. The zero-order chi connectivity index (χ0) is 14.5. The van der Waals surface area contributed by atoms with Gasteiger partial charge in [-0.25, -0.2) is 0 Å². The highest BCUT2D eigenvalue weighted by Crippen LogP contribution is 2.14. The van der Waals surface area contributed by atoms with E-state index in [2.05, 4.69) is 36.5 Å². The van der Waals surface area contributed by atoms with Crippen LogP contribution in [0.3, 0.4) is 0 Å². The predicted molar refractivity (Wildman–Crippen MR) is 79.4 cm³/mol. The van der Waals surface area contributed by atoms with Crippen LogP contribution in [0.25, 0.3) is 0 Å². The number of amides is 1. The molecule has 110 valence electrons. The van der Waals surface area contributed by atoms with Crippen molar-refractivity contribution in [3.05, 3.63) is 35.4 Å². The van der Waals surface area contributed by atoms with Gasteiger partial charge in [0.05, 0.1) is 18.7 Å². The van der Waals surface area contributed by atoms with Gasteiger partial charge in [-0.15, -0.1) is 0 Å². The third-order valence-electron chi connectivity index (χ3n) is 3.88. The summed E-state index contributed by atoms with van der Waals surface area (Å²) in [5, 5.41) is 12.5. The Hall–Kier alpha value is -1.39. The van der Waals surface area contributed by atoms with E-state index in [1.165, 1.54) is 5.56 Å². The second-order valence-corrected chi connectivity index (χ2v) is 5.56. The molecular weight excluding hydrogens is 252 g/mol. The Labute approximate surface area is 120 Å². The van der Waals surface area contributed by atoms with Crippen LogP contribution in [0, 0.1) is 0 Å². The molecule has 1 unspecified atom stereocenters. The number of carbonyl (C=O) groups is 1. The first-order valence-electron chi connectivity index (χ1n) is 7.37. The fraction of sp³-hybridized carbons (Fsp3) is 0.562. The quantitative estimate of drug-likeness (QED) is 0.857. The molecule has 1 heterocycles. The van der Waals surface area contributed by atoms with E-state index < -0.39 is 0 Å². The van der Waals surface area contributed by atoms with E-state index in [0.29, 0.717) is 13.1 Å². The van der Waals surface area contributed by atoms with Crippen molar-refractivity contribution in [2.24, 2.45) is 0 Å². The maximum atomic E-state index is 12.0. The van der Waals surface area contributed by atoms with Crippen molar-refractivity contribution < 1.29 is 9.90 Å². The summed E-state index contributed by atoms with van der Waals surface area (Å²) in [5.74, 6) is 0.0196. The Kier molecular flexibility index (Phi) is 5.15. The lowest BCUT2D eigenvalue weighted by atomic mass is 10.1. The largest absolute Gasteiger partial charge is 0.392 e. The molecular formula is C16H24N2O2. The lowest BCUT2D eigenvalue weighted by Gasteiger charge is -2.18. The molecule has 1 aromatic carbocycles. The van der Waals surface area contributed by atoms with Gasteiger partial charge in [0.15, 0.2) is 0 Å². The number of hydrogen-bond donors (Lipinski definition) is 2. The summed E-state index contributed by atoms with van der Waals surface area (Å²) in [6.07, 6.45) is 1.52. The molecule has 2 atom stereocenters. The summed E-state index contributed by atoms with van der Waals surface area (Å²) in [6, 6.07) is 8.37. The zero-order valence-corrected chi connectivity index (χ0v) is 12.3. The predicted octanol–water partition coefficient (Wildman–Crippen LogP) is 1.49. The second-order valence-electron chi connectivity index (χ2n) is 5.56. The van der Waals surface area contributed by atoms with Crippen LogP contribution in [-0.4, -0.2) is 41.7 Å². The summed E-state index contributed by atoms with van der Waals surface area (Å²) in [7, 11) is 0. The fourth-order valence-corrected chi connectivity index (χ4v) is 2.57. The normalized spacial score (nSPS) is 20.9. The number of hydrogen-bond acceptors (Lipinski definition) is 3. The average molecular weight is 276 g/mol. The number of aliphatic hydroxyl groups is 1. The van der Waals surface area contributed by atoms with Crippen molar-refractivity contribution in [3.63, 3.8) is 0 Å². The van der Waals surface area contributed by atoms with Gasteiger partial charge < -0.3 is 10.4 Å². The van der Waals surface area contributed by atoms with E-state index in [-0.39, 0.29) is 18.1 Å². The molecule has 1 amide bonds. The van der Waals surface area contributed by atoms with Crippen molar-refractivity contribution in [2.45, 2.75) is 38.8 Å². The fourth-order valence-electron chi connectivity index (χ4n) is 2.57. The van der Waals surface area contributed by atoms with Crippen molar-refractivity contribution in [3.8, 4) is 0 Å². The van der Waals surface area contributed by atoms with Crippen LogP contribution >= 0.6 is 0 Å². The molecule has 1 saturated heterocycles. The number of β-amino-alcohol motifs (C(OH)–C–C–N with tert-alkyl or cyclic N) is 1. The van der Waals surface area contributed by atoms with Gasteiger partial charge in [-0.2, -0.15) is 0 Å². The van der Waals surface area contributed by atoms with E-state index in [1.54, 1.807) is 0 Å². The van der Waals surface area contributed by atoms with Crippen molar-refractivity contribution >= 4 is 5.91 Å². The summed E-state index contributed by atoms with van der Waals surface area (Å²) >= 11 is 0. The molecule has 0 spiro atoms. The van der Waals surface area contributed by atoms with E-state index in [1.807, 2.05) is 11.8 Å². The Morgan fingerprint density at radius 1 is 1.45 bits per heavy atom. The number of aliphatic hydroxyl groups excluding tert-OH is 1. The molecule has 0 saturated carbocycles. The van der Waals surface area contributed by atoms with Gasteiger partial charge in [-0.3, -0.25) is 9.69 Å². The maximum absolute atomic E-state index is 12.0. The molecule has 0 radical (unpaired) electrons. The SMILES string of the molecule is CCc1ccc(C(C)NC(=O)CN2CC[C@H](O)C2)cc1. The van der Waals surface area contributed by atoms with E-state index in [4.69, 9.17) is 0 Å². The molecule has 20 heavy (non-hydrogen) atoms. The van der Waals surface area contributed by atoms with Crippen LogP contribution < -0.4 is 5.32 Å². The number of benzene rings is 1. The molecule has 0 aromatic heterocycles. The topological polar surface area (TPSA) is 52.6 Å². The van der Waals surface area contributed by atoms with Gasteiger partial charge in [0, 0.05) is 13.1 Å². The molecule has 4 nitrogen and oxygen atoms in total. The van der Waals surface area contributed by atoms with E-state index >= 15 is 0 Å². The highest BCUT2D eigenvalue weighted by Gasteiger charge is 2.22. The molecule has 0 bridgehead atoms. The molecule has 1 aliphatic rings. The minimum absolute atomic E-state index is 0.0148. The van der Waals surface area contributed by atoms with Crippen molar-refractivity contribution in [2.75, 3.05) is 19.6 Å². The van der Waals surface area contributed by atoms with Crippen LogP contribution in [0.15, 0.2) is 24.3 Å². The van der Waals surface area contributed by atoms with Crippen LogP contribution in [0.4, 0.5) is 0 Å². The number of likely N-dealkylation sites (tertiary alicyclic amines) is 1. The Balaban J connectivity index is 1.83. The van der Waals surface area contributed by atoms with Crippen molar-refractivity contribution in [1.29, 1.82) is 0 Å². The highest BCUT2D eigenvalue weighted by molar-refractivity contribution is 5.78. The average Bonchev–Trinajstić information content (AvgIpc) is 2.84. The molecule has 1 aromatic rings. The number of nitrogens with zero attached hydrogens (tertiary/aromatic N) is 1. The van der Waals surface area contributed by atoms with E-state index in [0.717, 1.165) is 24.9 Å². The van der Waals surface area contributed by atoms with Gasteiger partial charge >= 0.3 is 0 Å². The second kappa shape index (κ2) is 6.86. The van der Waals surface area contributed by atoms with Gasteiger partial charge in [0.1, 0.15) is 0 Å². The van der Waals surface area contributed by atoms with Crippen LogP contribution in [0.2, 0.25) is 0 Å². The number of aryl methyl sites for hydroxylation is 1. The summed E-state index contributed by atoms with van der Waals surface area (Å²) in [4.78, 5) is 14.0. The monoisotopic (exact) mass is 276 g/mol. The summed E-state index contributed by atoms with van der Waals surface area (Å²) in [6.45, 7) is 5.90. The molecule has 2 N–H and O–H groups in total. The first-order valence-corrected chi connectivity index (χ1v) is 7.37. The van der Waals surface area contributed by atoms with Crippen LogP contribution in [0.1, 0.15) is 37.4 Å². The highest BCUT2D eigenvalue weighted by atomic mass is 16.3. The number of rotatable bonds is 5. The van der Waals surface area contributed by atoms with Crippen LogP contribution in [-0.2, 0) is 11.2 Å². The first-order chi connectivity index (χ1) is 9.58. The molecule has 0 aliphatic carbocycles. The Bertz CT molecular complexity index is 444. The first kappa shape index (κ1) is 15.0. The Morgan fingerprint density at radius 3 is 2.70 bits per heavy atom. The zero-order valence-electron chi connectivity index (χ0n) is 12.3. The third kappa shape index (κ3) is 4.05. The molecule has 1 fully saturated rings. The maximum Gasteiger partial charge on any atom is 0.234 e. The third-order valence-corrected chi connectivity index (χ3v) is 3.88. The lowest BCUT2D eigenvalue weighted by Crippen LogP contribution is -2.37. The van der Waals surface area contributed by atoms with E-state index in [9.17, 15) is 9.90 Å². The minimum atomic E-state index is -0.276. The van der Waals surface area contributed by atoms with Crippen molar-refractivity contribution in [1.82, 2.24) is 10.2 Å².